The Morgan fingerprint density at radius 2 is 0.712 bits per heavy atom. The summed E-state index contributed by atoms with van der Waals surface area (Å²) in [6, 6.07) is 16.1. The fourth-order valence-corrected chi connectivity index (χ4v) is 7.18. The highest BCUT2D eigenvalue weighted by Crippen LogP contribution is 2.41. The minimum absolute atomic E-state index is 0.142. The fraction of sp³-hybridized carbons (Fsp3) is 0.391. The molecule has 4 aromatic rings. The van der Waals surface area contributed by atoms with Crippen molar-refractivity contribution in [2.75, 3.05) is 27.2 Å². The molecule has 0 aromatic heterocycles. The van der Waals surface area contributed by atoms with Crippen LogP contribution < -0.4 is 0 Å². The first-order valence-corrected chi connectivity index (χ1v) is 18.0. The summed E-state index contributed by atoms with van der Waals surface area (Å²) in [5.41, 5.74) is 9.03. The summed E-state index contributed by atoms with van der Waals surface area (Å²) in [6.07, 6.45) is 12.4. The SMILES string of the molecule is C#CCN(C)Cc1cc2c(O)c(c1)Cc1cc(C(C)(C)C)cc(c1O)Cc1cc(CN(C)CC#C)cc(c1O)Cc1cc(C(C)(C)C)cc(c1O)C2. The van der Waals surface area contributed by atoms with Crippen LogP contribution in [-0.4, -0.2) is 57.4 Å². The number of nitrogens with zero attached hydrogens (tertiary/aromatic N) is 2. The second-order valence-electron chi connectivity index (χ2n) is 16.8. The van der Waals surface area contributed by atoms with Crippen molar-refractivity contribution in [3.8, 4) is 47.7 Å². The molecule has 0 radical (unpaired) electrons. The highest BCUT2D eigenvalue weighted by Gasteiger charge is 2.25. The maximum atomic E-state index is 12.0. The number of aromatic hydroxyl groups is 4. The van der Waals surface area contributed by atoms with Crippen LogP contribution in [-0.2, 0) is 49.6 Å². The molecule has 0 amide bonds. The molecule has 0 aliphatic heterocycles. The third-order valence-corrected chi connectivity index (χ3v) is 10.1. The highest BCUT2D eigenvalue weighted by atomic mass is 16.3. The molecule has 0 spiro atoms. The molecule has 8 bridgehead atoms. The molecule has 1 aliphatic carbocycles. The number of benzene rings is 4. The molecule has 272 valence electrons. The van der Waals surface area contributed by atoms with E-state index in [1.165, 1.54) is 0 Å². The van der Waals surface area contributed by atoms with Gasteiger partial charge in [-0.1, -0.05) is 102 Å². The molecule has 0 heterocycles. The predicted octanol–water partition coefficient (Wildman–Crippen LogP) is 7.91. The first-order valence-electron chi connectivity index (χ1n) is 18.0. The molecular formula is C46H54N2O4. The normalized spacial score (nSPS) is 13.2. The molecule has 0 unspecified atom stereocenters. The summed E-state index contributed by atoms with van der Waals surface area (Å²) in [5.74, 6) is 5.98. The Bertz CT molecular complexity index is 1820. The number of phenols is 4. The summed E-state index contributed by atoms with van der Waals surface area (Å²) in [7, 11) is 3.92. The summed E-state index contributed by atoms with van der Waals surface area (Å²) < 4.78 is 0. The number of terminal acetylenes is 2. The maximum absolute atomic E-state index is 12.0. The monoisotopic (exact) mass is 698 g/mol. The number of rotatable bonds is 6. The third kappa shape index (κ3) is 8.59. The molecule has 0 fully saturated rings. The van der Waals surface area contributed by atoms with Gasteiger partial charge in [0.25, 0.3) is 0 Å². The first kappa shape index (κ1) is 38.4. The van der Waals surface area contributed by atoms with Gasteiger partial charge in [0.15, 0.2) is 0 Å². The number of fused-ring (bicyclic) bond motifs is 8. The van der Waals surface area contributed by atoms with Gasteiger partial charge in [0, 0.05) is 38.8 Å². The van der Waals surface area contributed by atoms with Crippen molar-refractivity contribution >= 4 is 0 Å². The Morgan fingerprint density at radius 3 is 0.923 bits per heavy atom. The van der Waals surface area contributed by atoms with Gasteiger partial charge in [0.1, 0.15) is 23.0 Å². The highest BCUT2D eigenvalue weighted by molar-refractivity contribution is 5.58. The van der Waals surface area contributed by atoms with E-state index in [0.717, 1.165) is 22.3 Å². The molecule has 52 heavy (non-hydrogen) atoms. The lowest BCUT2D eigenvalue weighted by Crippen LogP contribution is -2.18. The van der Waals surface area contributed by atoms with Crippen LogP contribution in [0.3, 0.4) is 0 Å². The van der Waals surface area contributed by atoms with E-state index in [1.807, 2.05) is 72.4 Å². The van der Waals surface area contributed by atoms with Gasteiger partial charge < -0.3 is 20.4 Å². The van der Waals surface area contributed by atoms with Gasteiger partial charge in [-0.3, -0.25) is 9.80 Å². The lowest BCUT2D eigenvalue weighted by Gasteiger charge is -2.25. The van der Waals surface area contributed by atoms with Crippen LogP contribution in [0, 0.1) is 24.7 Å². The average Bonchev–Trinajstić information content (AvgIpc) is 3.03. The van der Waals surface area contributed by atoms with Crippen LogP contribution in [0.25, 0.3) is 0 Å². The molecule has 0 saturated carbocycles. The van der Waals surface area contributed by atoms with Gasteiger partial charge >= 0.3 is 0 Å². The predicted molar refractivity (Wildman–Crippen MR) is 211 cm³/mol. The van der Waals surface area contributed by atoms with Crippen molar-refractivity contribution < 1.29 is 20.4 Å². The Balaban J connectivity index is 1.82. The smallest absolute Gasteiger partial charge is 0.122 e. The van der Waals surface area contributed by atoms with E-state index in [-0.39, 0.29) is 59.5 Å². The van der Waals surface area contributed by atoms with E-state index in [9.17, 15) is 20.4 Å². The molecular weight excluding hydrogens is 645 g/mol. The van der Waals surface area contributed by atoms with Gasteiger partial charge in [-0.15, -0.1) is 12.8 Å². The van der Waals surface area contributed by atoms with Crippen LogP contribution in [0.15, 0.2) is 48.5 Å². The van der Waals surface area contributed by atoms with Crippen molar-refractivity contribution in [3.05, 3.63) is 115 Å². The summed E-state index contributed by atoms with van der Waals surface area (Å²) in [4.78, 5) is 4.08. The van der Waals surface area contributed by atoms with E-state index in [4.69, 9.17) is 12.8 Å². The Hall–Kier alpha value is -4.88. The number of hydrogen-bond donors (Lipinski definition) is 4. The Kier molecular flexibility index (Phi) is 11.1. The van der Waals surface area contributed by atoms with Crippen LogP contribution in [0.2, 0.25) is 0 Å². The minimum atomic E-state index is -0.233. The molecule has 4 aromatic carbocycles. The molecule has 6 nitrogen and oxygen atoms in total. The zero-order valence-electron chi connectivity index (χ0n) is 32.1. The standard InChI is InChI=1S/C46H54N2O4/c1-11-13-47(9)27-29-15-31-19-35-23-39(45(3,4)5)25-37(43(35)51)21-33-17-30(28-48(10)14-12-2)18-34(42(33)50)22-38-26-40(46(6,7)8)24-36(44(38)52)20-32(16-29)41(31)49/h1-2,15-18,23-26,49-52H,13-14,19-22,27-28H2,3-10H3. The molecule has 0 saturated heterocycles. The van der Waals surface area contributed by atoms with Gasteiger partial charge in [-0.25, -0.2) is 0 Å². The molecule has 4 N–H and O–H groups in total. The van der Waals surface area contributed by atoms with Crippen molar-refractivity contribution in [2.24, 2.45) is 0 Å². The Morgan fingerprint density at radius 1 is 0.481 bits per heavy atom. The topological polar surface area (TPSA) is 87.4 Å². The average molecular weight is 699 g/mol. The van der Waals surface area contributed by atoms with Crippen molar-refractivity contribution in [2.45, 2.75) is 91.1 Å². The van der Waals surface area contributed by atoms with Gasteiger partial charge in [0.05, 0.1) is 13.1 Å². The lowest BCUT2D eigenvalue weighted by molar-refractivity contribution is 0.368. The third-order valence-electron chi connectivity index (χ3n) is 10.1. The number of phenolic OH excluding ortho intramolecular Hbond substituents is 4. The van der Waals surface area contributed by atoms with Crippen LogP contribution in [0.1, 0.15) is 108 Å². The summed E-state index contributed by atoms with van der Waals surface area (Å²) in [6.45, 7) is 14.9. The summed E-state index contributed by atoms with van der Waals surface area (Å²) >= 11 is 0. The zero-order chi connectivity index (χ0) is 38.1. The summed E-state index contributed by atoms with van der Waals surface area (Å²) in [5, 5.41) is 47.8. The van der Waals surface area contributed by atoms with Crippen LogP contribution >= 0.6 is 0 Å². The molecule has 5 rings (SSSR count). The molecule has 0 atom stereocenters. The van der Waals surface area contributed by atoms with Crippen molar-refractivity contribution in [1.82, 2.24) is 9.80 Å². The van der Waals surface area contributed by atoms with E-state index in [2.05, 4.69) is 53.4 Å². The molecule has 1 aliphatic rings. The zero-order valence-corrected chi connectivity index (χ0v) is 32.1. The fourth-order valence-electron chi connectivity index (χ4n) is 7.18. The second-order valence-corrected chi connectivity index (χ2v) is 16.8. The minimum Gasteiger partial charge on any atom is -0.507 e. The largest absolute Gasteiger partial charge is 0.507 e. The van der Waals surface area contributed by atoms with Gasteiger partial charge in [-0.2, -0.15) is 0 Å². The van der Waals surface area contributed by atoms with Crippen LogP contribution in [0.4, 0.5) is 0 Å². The van der Waals surface area contributed by atoms with Gasteiger partial charge in [0.2, 0.25) is 0 Å². The quantitative estimate of drug-likeness (QED) is 0.135. The maximum Gasteiger partial charge on any atom is 0.122 e. The lowest BCUT2D eigenvalue weighted by atomic mass is 9.81. The van der Waals surface area contributed by atoms with Gasteiger partial charge in [-0.05, 0) is 91.7 Å². The second kappa shape index (κ2) is 15.0. The van der Waals surface area contributed by atoms with E-state index in [1.54, 1.807) is 0 Å². The molecule has 6 heteroatoms. The first-order chi connectivity index (χ1) is 24.4. The van der Waals surface area contributed by atoms with Crippen molar-refractivity contribution in [3.63, 3.8) is 0 Å². The number of hydrogen-bond acceptors (Lipinski definition) is 6. The Labute approximate surface area is 310 Å². The van der Waals surface area contributed by atoms with E-state index < -0.39 is 0 Å². The van der Waals surface area contributed by atoms with E-state index in [0.29, 0.717) is 70.7 Å². The van der Waals surface area contributed by atoms with E-state index >= 15 is 0 Å². The van der Waals surface area contributed by atoms with Crippen LogP contribution in [0.5, 0.6) is 23.0 Å². The van der Waals surface area contributed by atoms with Crippen molar-refractivity contribution in [1.29, 1.82) is 0 Å².